The van der Waals surface area contributed by atoms with Crippen LogP contribution < -0.4 is 10.0 Å². The Morgan fingerprint density at radius 1 is 1.35 bits per heavy atom. The van der Waals surface area contributed by atoms with E-state index in [0.717, 1.165) is 0 Å². The number of hydrogen-bond donors (Lipinski definition) is 3. The highest BCUT2D eigenvalue weighted by Crippen LogP contribution is 2.20. The van der Waals surface area contributed by atoms with Gasteiger partial charge in [0.05, 0.1) is 4.90 Å². The van der Waals surface area contributed by atoms with Gasteiger partial charge in [-0.1, -0.05) is 6.07 Å². The van der Waals surface area contributed by atoms with E-state index in [-0.39, 0.29) is 10.7 Å². The van der Waals surface area contributed by atoms with Crippen molar-refractivity contribution in [3.8, 4) is 0 Å². The van der Waals surface area contributed by atoms with Gasteiger partial charge in [-0.3, -0.25) is 4.79 Å². The Morgan fingerprint density at radius 3 is 2.70 bits per heavy atom. The maximum absolute atomic E-state index is 11.8. The van der Waals surface area contributed by atoms with Crippen LogP contribution in [0.25, 0.3) is 0 Å². The second kappa shape index (κ2) is 5.35. The van der Waals surface area contributed by atoms with E-state index in [4.69, 9.17) is 0 Å². The molecule has 0 spiro atoms. The van der Waals surface area contributed by atoms with Crippen LogP contribution in [-0.2, 0) is 10.0 Å². The number of nitrogens with one attached hydrogen (secondary N) is 3. The molecular formula is C10H12N6O3S. The molecule has 0 atom stereocenters. The SMILES string of the molecule is CNS(=O)(=O)c1cc(NC(=O)c2nn[nH]n2)ccc1C. The molecule has 3 N–H and O–H groups in total. The summed E-state index contributed by atoms with van der Waals surface area (Å²) >= 11 is 0. The van der Waals surface area contributed by atoms with E-state index < -0.39 is 15.9 Å². The van der Waals surface area contributed by atoms with Gasteiger partial charge in [-0.05, 0) is 36.9 Å². The number of sulfonamides is 1. The van der Waals surface area contributed by atoms with Gasteiger partial charge in [0.15, 0.2) is 0 Å². The van der Waals surface area contributed by atoms with Crippen molar-refractivity contribution in [3.05, 3.63) is 29.6 Å². The molecule has 0 fully saturated rings. The predicted octanol–water partition coefficient (Wildman–Crippen LogP) is -0.331. The molecule has 2 rings (SSSR count). The number of amides is 1. The lowest BCUT2D eigenvalue weighted by Crippen LogP contribution is -2.20. The van der Waals surface area contributed by atoms with Crippen molar-refractivity contribution in [3.63, 3.8) is 0 Å². The number of benzene rings is 1. The van der Waals surface area contributed by atoms with Crippen LogP contribution in [0.15, 0.2) is 23.1 Å². The second-order valence-corrected chi connectivity index (χ2v) is 5.73. The second-order valence-electron chi connectivity index (χ2n) is 3.88. The molecule has 0 bridgehead atoms. The Kier molecular flexibility index (Phi) is 3.77. The number of rotatable bonds is 4. The number of tetrazole rings is 1. The summed E-state index contributed by atoms with van der Waals surface area (Å²) in [6.45, 7) is 1.66. The average Bonchev–Trinajstić information content (AvgIpc) is 2.95. The Morgan fingerprint density at radius 2 is 2.10 bits per heavy atom. The van der Waals surface area contributed by atoms with Gasteiger partial charge in [0, 0.05) is 5.69 Å². The van der Waals surface area contributed by atoms with E-state index in [1.807, 2.05) is 0 Å². The zero-order chi connectivity index (χ0) is 14.8. The summed E-state index contributed by atoms with van der Waals surface area (Å²) in [5.41, 5.74) is 0.885. The lowest BCUT2D eigenvalue weighted by Gasteiger charge is -2.09. The Balaban J connectivity index is 2.31. The molecule has 2 aromatic rings. The summed E-state index contributed by atoms with van der Waals surface area (Å²) in [6.07, 6.45) is 0. The summed E-state index contributed by atoms with van der Waals surface area (Å²) < 4.78 is 25.9. The maximum Gasteiger partial charge on any atom is 0.297 e. The van der Waals surface area contributed by atoms with Gasteiger partial charge in [0.2, 0.25) is 10.0 Å². The molecule has 1 heterocycles. The van der Waals surface area contributed by atoms with Crippen molar-refractivity contribution in [2.75, 3.05) is 12.4 Å². The molecule has 1 amide bonds. The number of H-pyrrole nitrogens is 1. The third-order valence-electron chi connectivity index (χ3n) is 2.55. The lowest BCUT2D eigenvalue weighted by atomic mass is 10.2. The number of aryl methyl sites for hydroxylation is 1. The van der Waals surface area contributed by atoms with Crippen LogP contribution >= 0.6 is 0 Å². The topological polar surface area (TPSA) is 130 Å². The number of aromatic amines is 1. The fourth-order valence-corrected chi connectivity index (χ4v) is 2.52. The first kappa shape index (κ1) is 14.1. The number of aromatic nitrogens is 4. The molecule has 1 aromatic carbocycles. The quantitative estimate of drug-likeness (QED) is 0.708. The van der Waals surface area contributed by atoms with Crippen molar-refractivity contribution in [1.82, 2.24) is 25.3 Å². The highest BCUT2D eigenvalue weighted by molar-refractivity contribution is 7.89. The van der Waals surface area contributed by atoms with Crippen LogP contribution in [-0.4, -0.2) is 42.0 Å². The van der Waals surface area contributed by atoms with E-state index in [2.05, 4.69) is 30.7 Å². The zero-order valence-electron chi connectivity index (χ0n) is 10.7. The zero-order valence-corrected chi connectivity index (χ0v) is 11.5. The monoisotopic (exact) mass is 296 g/mol. The summed E-state index contributed by atoms with van der Waals surface area (Å²) in [4.78, 5) is 11.8. The molecule has 9 nitrogen and oxygen atoms in total. The number of nitrogens with zero attached hydrogens (tertiary/aromatic N) is 3. The molecule has 0 aliphatic rings. The number of carbonyl (C=O) groups is 1. The summed E-state index contributed by atoms with van der Waals surface area (Å²) in [5.74, 6) is -0.723. The van der Waals surface area contributed by atoms with E-state index >= 15 is 0 Å². The van der Waals surface area contributed by atoms with Crippen LogP contribution in [0.3, 0.4) is 0 Å². The summed E-state index contributed by atoms with van der Waals surface area (Å²) in [6, 6.07) is 4.54. The Bertz CT molecular complexity index is 725. The largest absolute Gasteiger partial charge is 0.319 e. The number of anilines is 1. The molecular weight excluding hydrogens is 284 g/mol. The molecule has 106 valence electrons. The summed E-state index contributed by atoms with van der Waals surface area (Å²) in [7, 11) is -2.27. The fourth-order valence-electron chi connectivity index (χ4n) is 1.52. The first-order valence-electron chi connectivity index (χ1n) is 5.53. The average molecular weight is 296 g/mol. The molecule has 0 unspecified atom stereocenters. The van der Waals surface area contributed by atoms with Crippen LogP contribution in [0.5, 0.6) is 0 Å². The molecule has 0 saturated heterocycles. The standard InChI is InChI=1S/C10H12N6O3S/c1-6-3-4-7(5-8(6)20(18,19)11-2)12-10(17)9-13-15-16-14-9/h3-5,11H,1-2H3,(H,12,17)(H,13,14,15,16). The van der Waals surface area contributed by atoms with E-state index in [9.17, 15) is 13.2 Å². The van der Waals surface area contributed by atoms with Crippen LogP contribution in [0.2, 0.25) is 0 Å². The van der Waals surface area contributed by atoms with Crippen molar-refractivity contribution >= 4 is 21.6 Å². The minimum atomic E-state index is -3.59. The van der Waals surface area contributed by atoms with E-state index in [1.165, 1.54) is 13.1 Å². The number of hydrogen-bond acceptors (Lipinski definition) is 6. The molecule has 0 radical (unpaired) electrons. The van der Waals surface area contributed by atoms with Gasteiger partial charge in [-0.2, -0.15) is 5.21 Å². The van der Waals surface area contributed by atoms with Gasteiger partial charge in [0.25, 0.3) is 11.7 Å². The normalized spacial score (nSPS) is 11.3. The molecule has 10 heteroatoms. The van der Waals surface area contributed by atoms with Gasteiger partial charge in [-0.25, -0.2) is 13.1 Å². The minimum Gasteiger partial charge on any atom is -0.319 e. The minimum absolute atomic E-state index is 0.0888. The van der Waals surface area contributed by atoms with E-state index in [0.29, 0.717) is 11.3 Å². The third kappa shape index (κ3) is 2.81. The van der Waals surface area contributed by atoms with Crippen LogP contribution in [0.1, 0.15) is 16.2 Å². The number of carbonyl (C=O) groups excluding carboxylic acids is 1. The highest BCUT2D eigenvalue weighted by atomic mass is 32.2. The van der Waals surface area contributed by atoms with Crippen molar-refractivity contribution in [2.45, 2.75) is 11.8 Å². The van der Waals surface area contributed by atoms with Gasteiger partial charge < -0.3 is 5.32 Å². The Hall–Kier alpha value is -2.33. The third-order valence-corrected chi connectivity index (χ3v) is 4.11. The first-order valence-corrected chi connectivity index (χ1v) is 7.01. The highest BCUT2D eigenvalue weighted by Gasteiger charge is 2.17. The van der Waals surface area contributed by atoms with Gasteiger partial charge in [0.1, 0.15) is 0 Å². The first-order chi connectivity index (χ1) is 9.44. The van der Waals surface area contributed by atoms with Crippen molar-refractivity contribution < 1.29 is 13.2 Å². The molecule has 0 aliphatic heterocycles. The van der Waals surface area contributed by atoms with Crippen molar-refractivity contribution in [2.24, 2.45) is 0 Å². The summed E-state index contributed by atoms with van der Waals surface area (Å²) in [5, 5.41) is 15.0. The molecule has 0 saturated carbocycles. The van der Waals surface area contributed by atoms with E-state index in [1.54, 1.807) is 19.1 Å². The van der Waals surface area contributed by atoms with Gasteiger partial charge >= 0.3 is 0 Å². The smallest absolute Gasteiger partial charge is 0.297 e. The molecule has 1 aromatic heterocycles. The lowest BCUT2D eigenvalue weighted by molar-refractivity contribution is 0.101. The predicted molar refractivity (Wildman–Crippen MR) is 69.6 cm³/mol. The fraction of sp³-hybridized carbons (Fsp3) is 0.200. The molecule has 20 heavy (non-hydrogen) atoms. The van der Waals surface area contributed by atoms with Crippen LogP contribution in [0.4, 0.5) is 5.69 Å². The van der Waals surface area contributed by atoms with Crippen LogP contribution in [0, 0.1) is 6.92 Å². The van der Waals surface area contributed by atoms with Crippen molar-refractivity contribution in [1.29, 1.82) is 0 Å². The maximum atomic E-state index is 11.8. The molecule has 0 aliphatic carbocycles. The van der Waals surface area contributed by atoms with Gasteiger partial charge in [-0.15, -0.1) is 10.2 Å². The Labute approximate surface area is 114 Å².